The van der Waals surface area contributed by atoms with E-state index in [-0.39, 0.29) is 5.75 Å². The van der Waals surface area contributed by atoms with Crippen LogP contribution in [0.2, 0.25) is 0 Å². The summed E-state index contributed by atoms with van der Waals surface area (Å²) in [6, 6.07) is -0.986. The predicted molar refractivity (Wildman–Crippen MR) is 47.1 cm³/mol. The Balaban J connectivity index is 4.03. The molecule has 0 aromatic carbocycles. The van der Waals surface area contributed by atoms with Crippen LogP contribution in [0, 0.1) is 0 Å². The molecule has 69 valence electrons. The van der Waals surface area contributed by atoms with Gasteiger partial charge in [-0.3, -0.25) is 0 Å². The molecule has 0 rings (SSSR count). The van der Waals surface area contributed by atoms with Crippen LogP contribution in [0.4, 0.5) is 0 Å². The van der Waals surface area contributed by atoms with Crippen LogP contribution < -0.4 is 11.1 Å². The molecule has 1 amide bonds. The number of thiol groups is 1. The minimum atomic E-state index is -1.13. The molecular weight excluding hydrogens is 247 g/mol. The van der Waals surface area contributed by atoms with Gasteiger partial charge < -0.3 is 0 Å². The van der Waals surface area contributed by atoms with Crippen LogP contribution in [0.15, 0.2) is 0 Å². The van der Waals surface area contributed by atoms with Gasteiger partial charge in [0.15, 0.2) is 0 Å². The van der Waals surface area contributed by atoms with Crippen molar-refractivity contribution in [1.29, 1.82) is 0 Å². The maximum atomic E-state index is 10.9. The van der Waals surface area contributed by atoms with Crippen molar-refractivity contribution in [3.05, 3.63) is 0 Å². The quantitative estimate of drug-likeness (QED) is 0.344. The molecule has 0 aromatic rings. The molecule has 0 spiro atoms. The number of nitrogens with one attached hydrogen (secondary N) is 1. The number of hydrogen-bond acceptors (Lipinski definition) is 4. The second kappa shape index (κ2) is 5.42. The Labute approximate surface area is 83.3 Å². The first kappa shape index (κ1) is 11.8. The van der Waals surface area contributed by atoms with Crippen LogP contribution in [0.1, 0.15) is 0 Å². The molecule has 0 fully saturated rings. The number of hydrogen-bond donors (Lipinski definition) is 4. The first-order valence-corrected chi connectivity index (χ1v) is 4.66. The number of aliphatic carboxylic acids is 1. The average Bonchev–Trinajstić information content (AvgIpc) is 1.98. The number of carboxylic acid groups (broad SMARTS) is 1. The zero-order valence-electron chi connectivity index (χ0n) is 6.06. The van der Waals surface area contributed by atoms with E-state index in [0.717, 1.165) is 0 Å². The van der Waals surface area contributed by atoms with Crippen molar-refractivity contribution in [2.45, 2.75) is 11.0 Å². The fourth-order valence-corrected chi connectivity index (χ4v) is 0.830. The first-order valence-electron chi connectivity index (χ1n) is 3.04. The van der Waals surface area contributed by atoms with Gasteiger partial charge >= 0.3 is 83.0 Å². The van der Waals surface area contributed by atoms with Gasteiger partial charge in [0, 0.05) is 0 Å². The summed E-state index contributed by atoms with van der Waals surface area (Å²) in [5, 5.41) is 10.7. The molecule has 4 N–H and O–H groups in total. The van der Waals surface area contributed by atoms with Crippen molar-refractivity contribution < 1.29 is 14.7 Å². The van der Waals surface area contributed by atoms with Gasteiger partial charge in [-0.2, -0.15) is 0 Å². The summed E-state index contributed by atoms with van der Waals surface area (Å²) in [5.41, 5.74) is 5.15. The third-order valence-electron chi connectivity index (χ3n) is 1.06. The fourth-order valence-electron chi connectivity index (χ4n) is 0.439. The number of amides is 1. The van der Waals surface area contributed by atoms with Crippen molar-refractivity contribution in [2.75, 3.05) is 5.75 Å². The van der Waals surface area contributed by atoms with Crippen molar-refractivity contribution >= 4 is 40.5 Å². The van der Waals surface area contributed by atoms with Crippen molar-refractivity contribution in [1.82, 2.24) is 5.32 Å². The van der Waals surface area contributed by atoms with Crippen molar-refractivity contribution in [3.63, 3.8) is 0 Å². The van der Waals surface area contributed by atoms with E-state index in [1.54, 1.807) is 0 Å². The van der Waals surface area contributed by atoms with Gasteiger partial charge in [0.25, 0.3) is 0 Å². The van der Waals surface area contributed by atoms with Crippen molar-refractivity contribution in [2.24, 2.45) is 5.73 Å². The van der Waals surface area contributed by atoms with Gasteiger partial charge in [-0.1, -0.05) is 0 Å². The Morgan fingerprint density at radius 2 is 2.17 bits per heavy atom. The molecule has 2 atom stereocenters. The molecule has 0 aliphatic heterocycles. The van der Waals surface area contributed by atoms with Gasteiger partial charge in [0.1, 0.15) is 0 Å². The number of rotatable bonds is 4. The maximum absolute atomic E-state index is 10.9. The summed E-state index contributed by atoms with van der Waals surface area (Å²) in [4.78, 5) is 20.4. The second-order valence-electron chi connectivity index (χ2n) is 2.00. The molecule has 0 aliphatic carbocycles. The standard InChI is InChI=1S/C5H9N2O3SSe/c6-3(12)4(8)7-2(1-11)5(9)10/h2-3,11H,1,6H2,(H,7,8)(H,9,10)/t2-,3-/m0/s1. The van der Waals surface area contributed by atoms with E-state index in [1.807, 2.05) is 0 Å². The topological polar surface area (TPSA) is 92.4 Å². The molecule has 7 heteroatoms. The third-order valence-corrected chi connectivity index (χ3v) is 1.87. The van der Waals surface area contributed by atoms with Gasteiger partial charge in [-0.05, 0) is 0 Å². The van der Waals surface area contributed by atoms with Gasteiger partial charge in [0.05, 0.1) is 0 Å². The fraction of sp³-hybridized carbons (Fsp3) is 0.600. The Morgan fingerprint density at radius 1 is 1.67 bits per heavy atom. The first-order chi connectivity index (χ1) is 5.49. The summed E-state index contributed by atoms with van der Waals surface area (Å²) >= 11 is 6.11. The van der Waals surface area contributed by atoms with E-state index in [2.05, 4.69) is 34.0 Å². The number of carbonyl (C=O) groups is 2. The van der Waals surface area contributed by atoms with Gasteiger partial charge in [-0.25, -0.2) is 0 Å². The number of nitrogens with two attached hydrogens (primary N) is 1. The Kier molecular flexibility index (Phi) is 5.32. The summed E-state index contributed by atoms with van der Waals surface area (Å²) in [7, 11) is 0. The molecule has 0 saturated carbocycles. The SMILES string of the molecule is N[C@@H]([Se])C(=O)N[C@@H](CS)C(=O)O. The molecule has 0 aromatic heterocycles. The van der Waals surface area contributed by atoms with Crippen molar-refractivity contribution in [3.8, 4) is 0 Å². The normalized spacial score (nSPS) is 14.9. The predicted octanol–water partition coefficient (Wildman–Crippen LogP) is -2.06. The van der Waals surface area contributed by atoms with Crippen LogP contribution in [-0.4, -0.2) is 49.7 Å². The van der Waals surface area contributed by atoms with E-state index >= 15 is 0 Å². The molecule has 0 aliphatic rings. The summed E-state index contributed by atoms with van der Waals surface area (Å²) < 4.78 is 0. The van der Waals surface area contributed by atoms with Crippen LogP contribution in [-0.2, 0) is 9.59 Å². The van der Waals surface area contributed by atoms with Crippen LogP contribution in [0.25, 0.3) is 0 Å². The Morgan fingerprint density at radius 3 is 2.42 bits per heavy atom. The number of carboxylic acids is 1. The Bertz CT molecular complexity index is 188. The van der Waals surface area contributed by atoms with Crippen LogP contribution in [0.5, 0.6) is 0 Å². The summed E-state index contributed by atoms with van der Waals surface area (Å²) in [6.45, 7) is 0. The van der Waals surface area contributed by atoms with Crippen LogP contribution in [0.3, 0.4) is 0 Å². The zero-order chi connectivity index (χ0) is 9.72. The molecule has 0 heterocycles. The van der Waals surface area contributed by atoms with E-state index in [0.29, 0.717) is 0 Å². The monoisotopic (exact) mass is 257 g/mol. The molecule has 0 saturated heterocycles. The Hall–Kier alpha value is -0.231. The summed E-state index contributed by atoms with van der Waals surface area (Å²) in [6.07, 6.45) is 0. The molecule has 5 nitrogen and oxygen atoms in total. The summed E-state index contributed by atoms with van der Waals surface area (Å²) in [5.74, 6) is -1.64. The van der Waals surface area contributed by atoms with E-state index in [9.17, 15) is 9.59 Å². The number of carbonyl (C=O) groups excluding carboxylic acids is 1. The van der Waals surface area contributed by atoms with Gasteiger partial charge in [-0.15, -0.1) is 0 Å². The zero-order valence-corrected chi connectivity index (χ0v) is 8.67. The molecule has 1 radical (unpaired) electrons. The van der Waals surface area contributed by atoms with E-state index in [1.165, 1.54) is 0 Å². The minimum absolute atomic E-state index is 0.0355. The van der Waals surface area contributed by atoms with E-state index < -0.39 is 22.9 Å². The van der Waals surface area contributed by atoms with Crippen LogP contribution >= 0.6 is 12.6 Å². The van der Waals surface area contributed by atoms with E-state index in [4.69, 9.17) is 10.8 Å². The molecule has 0 bridgehead atoms. The molecular formula is C5H9N2O3SSe. The average molecular weight is 256 g/mol. The molecule has 0 unspecified atom stereocenters. The van der Waals surface area contributed by atoms with Gasteiger partial charge in [0.2, 0.25) is 0 Å². The third kappa shape index (κ3) is 3.96. The second-order valence-corrected chi connectivity index (χ2v) is 3.43. The molecule has 12 heavy (non-hydrogen) atoms.